The number of aromatic nitrogens is 2. The van der Waals surface area contributed by atoms with Crippen LogP contribution in [-0.4, -0.2) is 116 Å². The molecule has 5 aliphatic rings. The van der Waals surface area contributed by atoms with Crippen LogP contribution in [0.5, 0.6) is 5.75 Å². The van der Waals surface area contributed by atoms with E-state index in [1.54, 1.807) is 36.6 Å². The van der Waals surface area contributed by atoms with Crippen molar-refractivity contribution in [1.82, 2.24) is 9.55 Å². The van der Waals surface area contributed by atoms with Crippen molar-refractivity contribution in [2.24, 2.45) is 33.6 Å². The van der Waals surface area contributed by atoms with Gasteiger partial charge in [-0.3, -0.25) is 0 Å². The van der Waals surface area contributed by atoms with E-state index in [4.69, 9.17) is 19.2 Å². The van der Waals surface area contributed by atoms with Crippen LogP contribution in [0.1, 0.15) is 38.7 Å². The minimum atomic E-state index is -1.59. The highest BCUT2D eigenvalue weighted by Gasteiger charge is 2.61. The smallest absolute Gasteiger partial charge is 0.343 e. The molecule has 52 heavy (non-hydrogen) atoms. The summed E-state index contributed by atoms with van der Waals surface area (Å²) in [6, 6.07) is 5.28. The number of aromatic hydroxyl groups is 1. The second-order valence-corrected chi connectivity index (χ2v) is 15.4. The van der Waals surface area contributed by atoms with E-state index in [0.29, 0.717) is 48.7 Å². The Balaban J connectivity index is 1.20. The topological polar surface area (TPSA) is 200 Å². The van der Waals surface area contributed by atoms with Crippen molar-refractivity contribution in [1.29, 1.82) is 0 Å². The van der Waals surface area contributed by atoms with E-state index >= 15 is 0 Å². The summed E-state index contributed by atoms with van der Waals surface area (Å²) in [7, 11) is 3.76. The molecule has 280 valence electrons. The highest BCUT2D eigenvalue weighted by atomic mass is 16.7. The van der Waals surface area contributed by atoms with Crippen molar-refractivity contribution in [3.63, 3.8) is 0 Å². The first-order chi connectivity index (χ1) is 24.8. The summed E-state index contributed by atoms with van der Waals surface area (Å²) < 4.78 is 19.7. The highest BCUT2D eigenvalue weighted by Crippen LogP contribution is 2.62. The van der Waals surface area contributed by atoms with Crippen LogP contribution >= 0.6 is 0 Å². The normalized spacial score (nSPS) is 38.0. The Kier molecular flexibility index (Phi) is 9.70. The Hall–Kier alpha value is -3.89. The number of nitrogens with zero attached hydrogens (tertiary/aromatic N) is 4. The zero-order chi connectivity index (χ0) is 37.1. The number of allylic oxidation sites excluding steroid dienone is 2. The number of hydrogen-bond donors (Lipinski definition) is 6. The van der Waals surface area contributed by atoms with Crippen molar-refractivity contribution in [2.75, 3.05) is 32.2 Å². The number of anilines is 1. The Bertz CT molecular complexity index is 1820. The molecular weight excluding hydrogens is 672 g/mol. The van der Waals surface area contributed by atoms with Gasteiger partial charge in [-0.25, -0.2) is 14.8 Å². The number of carbonyl (C=O) groups excluding carboxylic acids is 1. The molecule has 2 aliphatic carbocycles. The molecule has 4 heterocycles. The first-order valence-electron chi connectivity index (χ1n) is 17.8. The van der Waals surface area contributed by atoms with Crippen LogP contribution < -0.4 is 4.90 Å². The monoisotopic (exact) mass is 720 g/mol. The number of rotatable bonds is 8. The SMILES string of the molecule is CN(C)c1ccc(C=C2C=C(C=CC3C4Cn5ccnc5N=C4CC4[C@]3(C)CC[C@@H](OC3OC(CO)C(O)C(O)C3O)[C@@]4(C)CO)C(=O)O2)c(O)c1. The second-order valence-electron chi connectivity index (χ2n) is 15.4. The summed E-state index contributed by atoms with van der Waals surface area (Å²) in [5.74, 6) is 0.131. The predicted octanol–water partition coefficient (Wildman–Crippen LogP) is 2.06. The van der Waals surface area contributed by atoms with Crippen molar-refractivity contribution in [3.05, 3.63) is 65.7 Å². The second kappa shape index (κ2) is 13.8. The van der Waals surface area contributed by atoms with Crippen molar-refractivity contribution in [3.8, 4) is 5.75 Å². The van der Waals surface area contributed by atoms with E-state index in [2.05, 4.69) is 18.0 Å². The molecule has 1 aromatic heterocycles. The van der Waals surface area contributed by atoms with Crippen LogP contribution in [0, 0.1) is 28.6 Å². The lowest BCUT2D eigenvalue weighted by Crippen LogP contribution is -2.64. The zero-order valence-electron chi connectivity index (χ0n) is 29.7. The Morgan fingerprint density at radius 3 is 2.63 bits per heavy atom. The molecule has 2 aromatic rings. The van der Waals surface area contributed by atoms with E-state index in [9.17, 15) is 35.4 Å². The molecule has 6 N–H and O–H groups in total. The molecule has 7 rings (SSSR count). The molecular formula is C38H48N4O10. The third-order valence-electron chi connectivity index (χ3n) is 12.2. The highest BCUT2D eigenvalue weighted by molar-refractivity contribution is 5.97. The fraction of sp³-hybridized carbons (Fsp3) is 0.553. The fourth-order valence-corrected chi connectivity index (χ4v) is 9.08. The molecule has 0 bridgehead atoms. The average molecular weight is 721 g/mol. The number of esters is 1. The van der Waals surface area contributed by atoms with Crippen molar-refractivity contribution >= 4 is 29.4 Å². The van der Waals surface area contributed by atoms with Crippen LogP contribution in [0.15, 0.2) is 65.1 Å². The maximum absolute atomic E-state index is 13.1. The van der Waals surface area contributed by atoms with Gasteiger partial charge in [0.15, 0.2) is 6.29 Å². The molecule has 14 nitrogen and oxygen atoms in total. The maximum Gasteiger partial charge on any atom is 0.343 e. The van der Waals surface area contributed by atoms with Crippen LogP contribution in [0.4, 0.5) is 11.6 Å². The molecule has 0 spiro atoms. The van der Waals surface area contributed by atoms with Crippen LogP contribution in [0.25, 0.3) is 6.08 Å². The number of aliphatic hydroxyl groups is 5. The number of ether oxygens (including phenoxy) is 3. The summed E-state index contributed by atoms with van der Waals surface area (Å²) in [6.07, 6.45) is 4.71. The van der Waals surface area contributed by atoms with Gasteiger partial charge in [0, 0.05) is 67.4 Å². The summed E-state index contributed by atoms with van der Waals surface area (Å²) in [5, 5.41) is 63.0. The van der Waals surface area contributed by atoms with Gasteiger partial charge in [-0.2, -0.15) is 0 Å². The van der Waals surface area contributed by atoms with E-state index in [0.717, 1.165) is 11.4 Å². The minimum Gasteiger partial charge on any atom is -0.507 e. The lowest BCUT2D eigenvalue weighted by atomic mass is 9.45. The third kappa shape index (κ3) is 6.19. The largest absolute Gasteiger partial charge is 0.507 e. The third-order valence-corrected chi connectivity index (χ3v) is 12.2. The summed E-state index contributed by atoms with van der Waals surface area (Å²) >= 11 is 0. The van der Waals surface area contributed by atoms with E-state index in [1.165, 1.54) is 0 Å². The van der Waals surface area contributed by atoms with Gasteiger partial charge in [0.1, 0.15) is 35.9 Å². The molecule has 1 aromatic carbocycles. The molecule has 11 atom stereocenters. The molecule has 0 amide bonds. The van der Waals surface area contributed by atoms with Gasteiger partial charge in [0.05, 0.1) is 24.9 Å². The average Bonchev–Trinajstić information content (AvgIpc) is 3.73. The van der Waals surface area contributed by atoms with Gasteiger partial charge >= 0.3 is 5.97 Å². The van der Waals surface area contributed by atoms with Gasteiger partial charge in [0.2, 0.25) is 5.95 Å². The standard InChI is InChI=1S/C38H48N4O10/c1-37-10-9-30(52-35-33(48)32(47)31(46)28(18-43)51-35)38(2,19-44)29(37)16-26-24(17-42-12-11-39-36(42)40-26)25(37)8-6-21-14-23(50-34(21)49)13-20-5-7-22(41(3)4)15-27(20)45/h5-8,11-15,24-25,28-33,35,43-48H,9-10,16-19H2,1-4H3/t24?,25?,28?,29?,30-,31?,32?,33?,35?,37-,38+/m1/s1. The van der Waals surface area contributed by atoms with E-state index in [1.807, 2.05) is 42.7 Å². The van der Waals surface area contributed by atoms with Crippen LogP contribution in [-0.2, 0) is 25.5 Å². The van der Waals surface area contributed by atoms with E-state index < -0.39 is 60.2 Å². The first kappa shape index (κ1) is 36.5. The lowest BCUT2D eigenvalue weighted by molar-refractivity contribution is -0.329. The molecule has 1 saturated heterocycles. The number of carbonyl (C=O) groups is 1. The maximum atomic E-state index is 13.1. The summed E-state index contributed by atoms with van der Waals surface area (Å²) in [5.41, 5.74) is 1.37. The van der Waals surface area contributed by atoms with Gasteiger partial charge < -0.3 is 54.3 Å². The molecule has 8 unspecified atom stereocenters. The Morgan fingerprint density at radius 1 is 1.13 bits per heavy atom. The number of cyclic esters (lactones) is 1. The zero-order valence-corrected chi connectivity index (χ0v) is 29.7. The van der Waals surface area contributed by atoms with Gasteiger partial charge in [-0.15, -0.1) is 0 Å². The van der Waals surface area contributed by atoms with Crippen LogP contribution in [0.3, 0.4) is 0 Å². The summed E-state index contributed by atoms with van der Waals surface area (Å²) in [6.45, 7) is 3.96. The van der Waals surface area contributed by atoms with Gasteiger partial charge in [-0.1, -0.05) is 26.0 Å². The number of hydrogen-bond acceptors (Lipinski definition) is 13. The minimum absolute atomic E-state index is 0.0229. The first-order valence-corrected chi connectivity index (χ1v) is 17.8. The molecule has 3 fully saturated rings. The van der Waals surface area contributed by atoms with Crippen molar-refractivity contribution < 1.29 is 49.6 Å². The van der Waals surface area contributed by atoms with Gasteiger partial charge in [0.25, 0.3) is 0 Å². The molecule has 0 radical (unpaired) electrons. The van der Waals surface area contributed by atoms with Gasteiger partial charge in [-0.05, 0) is 60.8 Å². The number of phenols is 1. The van der Waals surface area contributed by atoms with Crippen LogP contribution in [0.2, 0.25) is 0 Å². The number of aliphatic hydroxyl groups excluding tert-OH is 5. The number of phenolic OH excluding ortho intramolecular Hbond substituents is 1. The molecule has 14 heteroatoms. The van der Waals surface area contributed by atoms with Crippen molar-refractivity contribution in [2.45, 2.75) is 76.5 Å². The predicted molar refractivity (Wildman–Crippen MR) is 189 cm³/mol. The Labute approximate surface area is 302 Å². The quantitative estimate of drug-likeness (QED) is 0.172. The number of fused-ring (bicyclic) bond motifs is 3. The summed E-state index contributed by atoms with van der Waals surface area (Å²) in [4.78, 5) is 24.4. The molecule has 3 aliphatic heterocycles. The lowest BCUT2D eigenvalue weighted by Gasteiger charge is -2.62. The van der Waals surface area contributed by atoms with E-state index in [-0.39, 0.29) is 30.1 Å². The number of imidazole rings is 1. The number of aliphatic imine (C=N–C) groups is 1. The number of benzene rings is 1. The Morgan fingerprint density at radius 2 is 1.92 bits per heavy atom. The molecule has 2 saturated carbocycles. The fourth-order valence-electron chi connectivity index (χ4n) is 9.08.